The Morgan fingerprint density at radius 1 is 1.44 bits per heavy atom. The average molecular weight is 406 g/mol. The minimum atomic E-state index is -3.70. The van der Waals surface area contributed by atoms with Gasteiger partial charge in [-0.2, -0.15) is 5.10 Å². The zero-order valence-electron chi connectivity index (χ0n) is 13.3. The third-order valence-corrected chi connectivity index (χ3v) is 6.35. The molecule has 0 radical (unpaired) electrons. The molecule has 4 N–H and O–H groups in total. The summed E-state index contributed by atoms with van der Waals surface area (Å²) in [6, 6.07) is 5.03. The van der Waals surface area contributed by atoms with Crippen molar-refractivity contribution >= 4 is 39.7 Å². The monoisotopic (exact) mass is 405 g/mol. The third kappa shape index (κ3) is 5.02. The molecule has 11 heteroatoms. The summed E-state index contributed by atoms with van der Waals surface area (Å²) in [5, 5.41) is 15.5. The minimum absolute atomic E-state index is 0. The lowest BCUT2D eigenvalue weighted by molar-refractivity contribution is 0.0945. The predicted molar refractivity (Wildman–Crippen MR) is 97.5 cm³/mol. The third-order valence-electron chi connectivity index (χ3n) is 3.83. The Bertz CT molecular complexity index is 827. The lowest BCUT2D eigenvalue weighted by Gasteiger charge is -2.22. The van der Waals surface area contributed by atoms with Gasteiger partial charge in [0.1, 0.15) is 9.90 Å². The Kier molecular flexibility index (Phi) is 6.58. The number of amides is 1. The van der Waals surface area contributed by atoms with Gasteiger partial charge >= 0.3 is 0 Å². The van der Waals surface area contributed by atoms with E-state index in [2.05, 4.69) is 15.7 Å². The largest absolute Gasteiger partial charge is 0.346 e. The Morgan fingerprint density at radius 2 is 2.24 bits per heavy atom. The molecule has 1 amide bonds. The number of nitrogens with one attached hydrogen (secondary N) is 2. The molecule has 3 rings (SSSR count). The van der Waals surface area contributed by atoms with E-state index in [1.165, 1.54) is 6.07 Å². The van der Waals surface area contributed by atoms with Gasteiger partial charge in [0.15, 0.2) is 0 Å². The van der Waals surface area contributed by atoms with Crippen LogP contribution in [0, 0.1) is 0 Å². The van der Waals surface area contributed by atoms with E-state index in [0.717, 1.165) is 37.3 Å². The van der Waals surface area contributed by atoms with Gasteiger partial charge in [-0.05, 0) is 37.6 Å². The van der Waals surface area contributed by atoms with Crippen molar-refractivity contribution in [2.45, 2.75) is 29.6 Å². The highest BCUT2D eigenvalue weighted by atomic mass is 35.5. The molecule has 2 aromatic heterocycles. The summed E-state index contributed by atoms with van der Waals surface area (Å²) in [7, 11) is -3.70. The first-order valence-electron chi connectivity index (χ1n) is 7.59. The molecule has 0 saturated carbocycles. The topological polar surface area (TPSA) is 119 Å². The second-order valence-corrected chi connectivity index (χ2v) is 8.59. The first-order chi connectivity index (χ1) is 11.4. The van der Waals surface area contributed by atoms with Crippen molar-refractivity contribution in [2.75, 3.05) is 13.1 Å². The molecular formula is C14H20ClN5O3S2. The minimum Gasteiger partial charge on any atom is -0.346 e. The second-order valence-electron chi connectivity index (χ2n) is 5.63. The molecule has 0 spiro atoms. The number of nitrogens with zero attached hydrogens (tertiary/aromatic N) is 2. The number of nitrogens with two attached hydrogens (primary N) is 1. The molecule has 2 aromatic rings. The van der Waals surface area contributed by atoms with Crippen LogP contribution in [0.1, 0.15) is 34.2 Å². The zero-order chi connectivity index (χ0) is 17.2. The van der Waals surface area contributed by atoms with E-state index in [1.807, 2.05) is 10.9 Å². The van der Waals surface area contributed by atoms with Gasteiger partial charge in [0.2, 0.25) is 10.0 Å². The van der Waals surface area contributed by atoms with E-state index >= 15 is 0 Å². The molecule has 25 heavy (non-hydrogen) atoms. The van der Waals surface area contributed by atoms with Crippen LogP contribution in [-0.4, -0.2) is 37.2 Å². The molecule has 1 unspecified atom stereocenters. The molecule has 1 aliphatic rings. The van der Waals surface area contributed by atoms with Gasteiger partial charge in [0.05, 0.1) is 12.6 Å². The lowest BCUT2D eigenvalue weighted by Crippen LogP contribution is -2.32. The van der Waals surface area contributed by atoms with Gasteiger partial charge in [-0.3, -0.25) is 9.48 Å². The maximum atomic E-state index is 12.2. The van der Waals surface area contributed by atoms with Crippen LogP contribution in [-0.2, 0) is 16.6 Å². The van der Waals surface area contributed by atoms with E-state index in [9.17, 15) is 13.2 Å². The van der Waals surface area contributed by atoms with Crippen LogP contribution in [0.25, 0.3) is 0 Å². The number of aromatic nitrogens is 2. The van der Waals surface area contributed by atoms with Crippen molar-refractivity contribution < 1.29 is 13.2 Å². The van der Waals surface area contributed by atoms with Crippen LogP contribution in [0.2, 0.25) is 0 Å². The summed E-state index contributed by atoms with van der Waals surface area (Å²) in [6.45, 7) is 2.11. The Labute approximate surface area is 156 Å². The van der Waals surface area contributed by atoms with Crippen molar-refractivity contribution in [3.8, 4) is 0 Å². The normalized spacial score (nSPS) is 17.7. The summed E-state index contributed by atoms with van der Waals surface area (Å²) >= 11 is 1.04. The average Bonchev–Trinajstić information content (AvgIpc) is 3.22. The molecule has 0 aliphatic carbocycles. The van der Waals surface area contributed by atoms with Gasteiger partial charge in [-0.1, -0.05) is 0 Å². The number of hydrogen-bond donors (Lipinski definition) is 3. The number of sulfonamides is 1. The predicted octanol–water partition coefficient (Wildman–Crippen LogP) is 0.868. The highest BCUT2D eigenvalue weighted by Crippen LogP contribution is 2.20. The number of piperidine rings is 1. The van der Waals surface area contributed by atoms with Crippen LogP contribution in [0.15, 0.2) is 28.6 Å². The maximum absolute atomic E-state index is 12.2. The molecular weight excluding hydrogens is 386 g/mol. The van der Waals surface area contributed by atoms with E-state index in [4.69, 9.17) is 5.14 Å². The lowest BCUT2D eigenvalue weighted by atomic mass is 10.1. The highest BCUT2D eigenvalue weighted by Gasteiger charge is 2.18. The van der Waals surface area contributed by atoms with Crippen molar-refractivity contribution in [1.82, 2.24) is 20.4 Å². The fourth-order valence-corrected chi connectivity index (χ4v) is 4.30. The van der Waals surface area contributed by atoms with Crippen LogP contribution >= 0.6 is 23.7 Å². The molecule has 8 nitrogen and oxygen atoms in total. The van der Waals surface area contributed by atoms with Crippen LogP contribution in [0.4, 0.5) is 0 Å². The number of hydrogen-bond acceptors (Lipinski definition) is 6. The van der Waals surface area contributed by atoms with Crippen LogP contribution in [0.5, 0.6) is 0 Å². The van der Waals surface area contributed by atoms with Crippen molar-refractivity contribution in [2.24, 2.45) is 5.14 Å². The number of halogens is 1. The van der Waals surface area contributed by atoms with Crippen LogP contribution in [0.3, 0.4) is 0 Å². The van der Waals surface area contributed by atoms with E-state index in [0.29, 0.717) is 10.6 Å². The number of carbonyl (C=O) groups excluding carboxylic acids is 1. The first-order valence-corrected chi connectivity index (χ1v) is 9.95. The first kappa shape index (κ1) is 19.9. The second kappa shape index (κ2) is 8.28. The zero-order valence-corrected chi connectivity index (χ0v) is 15.8. The van der Waals surface area contributed by atoms with Gasteiger partial charge in [0.25, 0.3) is 5.91 Å². The van der Waals surface area contributed by atoms with Crippen molar-refractivity contribution in [3.05, 3.63) is 35.0 Å². The number of carbonyl (C=O) groups is 1. The summed E-state index contributed by atoms with van der Waals surface area (Å²) in [5.41, 5.74) is 0.351. The summed E-state index contributed by atoms with van der Waals surface area (Å²) in [5.74, 6) is -0.289. The highest BCUT2D eigenvalue weighted by molar-refractivity contribution is 7.91. The molecule has 3 heterocycles. The Hall–Kier alpha value is -1.46. The van der Waals surface area contributed by atoms with Gasteiger partial charge < -0.3 is 10.6 Å². The molecule has 1 aliphatic heterocycles. The molecule has 1 saturated heterocycles. The fourth-order valence-electron chi connectivity index (χ4n) is 2.59. The van der Waals surface area contributed by atoms with Crippen molar-refractivity contribution in [1.29, 1.82) is 0 Å². The molecule has 138 valence electrons. The Morgan fingerprint density at radius 3 is 2.88 bits per heavy atom. The van der Waals surface area contributed by atoms with Crippen molar-refractivity contribution in [3.63, 3.8) is 0 Å². The standard InChI is InChI=1S/C14H19N5O3S2.ClH/c15-24(21,22)13-4-3-11(23-13)9-17-14(20)12-5-7-19(18-12)10-2-1-6-16-8-10;/h3-5,7,10,16H,1-2,6,8-9H2,(H,17,20)(H2,15,21,22);1H. The number of primary sulfonamides is 1. The van der Waals surface area contributed by atoms with E-state index < -0.39 is 10.0 Å². The summed E-state index contributed by atoms with van der Waals surface area (Å²) < 4.78 is 24.4. The number of rotatable bonds is 5. The maximum Gasteiger partial charge on any atom is 0.272 e. The molecule has 0 bridgehead atoms. The summed E-state index contributed by atoms with van der Waals surface area (Å²) in [4.78, 5) is 12.9. The molecule has 1 fully saturated rings. The van der Waals surface area contributed by atoms with Crippen LogP contribution < -0.4 is 15.8 Å². The Balaban J connectivity index is 0.00000225. The van der Waals surface area contributed by atoms with Gasteiger partial charge in [-0.15, -0.1) is 23.7 Å². The summed E-state index contributed by atoms with van der Waals surface area (Å²) in [6.07, 6.45) is 3.95. The fraction of sp³-hybridized carbons (Fsp3) is 0.429. The molecule has 1 atom stereocenters. The van der Waals surface area contributed by atoms with E-state index in [1.54, 1.807) is 12.1 Å². The smallest absolute Gasteiger partial charge is 0.272 e. The van der Waals surface area contributed by atoms with E-state index in [-0.39, 0.29) is 35.1 Å². The quantitative estimate of drug-likeness (QED) is 0.681. The molecule has 0 aromatic carbocycles. The SMILES string of the molecule is Cl.NS(=O)(=O)c1ccc(CNC(=O)c2ccn(C3CCCNC3)n2)s1. The van der Waals surface area contributed by atoms with Gasteiger partial charge in [0, 0.05) is 17.6 Å². The van der Waals surface area contributed by atoms with Gasteiger partial charge in [-0.25, -0.2) is 13.6 Å². The number of thiophene rings is 1.